The van der Waals surface area contributed by atoms with Crippen molar-refractivity contribution in [3.63, 3.8) is 0 Å². The lowest BCUT2D eigenvalue weighted by molar-refractivity contribution is -0.118. The molecular formula is C23H22FN5O2. The molecule has 8 heteroatoms. The number of hydrogen-bond acceptors (Lipinski definition) is 6. The number of aromatic nitrogens is 4. The Hall–Kier alpha value is -3.55. The summed E-state index contributed by atoms with van der Waals surface area (Å²) in [5, 5.41) is 15.2. The van der Waals surface area contributed by atoms with Gasteiger partial charge in [0.05, 0.1) is 0 Å². The predicted molar refractivity (Wildman–Crippen MR) is 112 cm³/mol. The van der Waals surface area contributed by atoms with Crippen LogP contribution >= 0.6 is 0 Å². The molecule has 3 aromatic rings. The highest BCUT2D eigenvalue weighted by Gasteiger charge is 2.41. The van der Waals surface area contributed by atoms with E-state index in [0.29, 0.717) is 29.3 Å². The minimum atomic E-state index is -0.398. The van der Waals surface area contributed by atoms with E-state index in [-0.39, 0.29) is 23.6 Å². The molecule has 0 radical (unpaired) electrons. The van der Waals surface area contributed by atoms with Gasteiger partial charge in [-0.15, -0.1) is 0 Å². The number of Topliss-reactive ketones (excluding diaryl/α,β-unsaturated/α-hetero) is 1. The number of benzene rings is 2. The third-order valence-electron chi connectivity index (χ3n) is 5.74. The fourth-order valence-corrected chi connectivity index (χ4v) is 4.30. The van der Waals surface area contributed by atoms with Gasteiger partial charge in [-0.25, -0.2) is 4.39 Å². The number of fused-ring (bicyclic) bond motifs is 1. The number of nitrogens with zero attached hydrogens (tertiary/aromatic N) is 4. The van der Waals surface area contributed by atoms with E-state index in [9.17, 15) is 9.18 Å². The number of carbonyl (C=O) groups is 1. The molecule has 5 rings (SSSR count). The van der Waals surface area contributed by atoms with Crippen LogP contribution < -0.4 is 10.1 Å². The van der Waals surface area contributed by atoms with Crippen molar-refractivity contribution >= 4 is 11.7 Å². The van der Waals surface area contributed by atoms with Crippen LogP contribution in [0.5, 0.6) is 5.75 Å². The summed E-state index contributed by atoms with van der Waals surface area (Å²) in [7, 11) is 0. The number of ether oxygens (including phenoxy) is 1. The molecule has 0 spiro atoms. The quantitative estimate of drug-likeness (QED) is 0.687. The molecule has 2 heterocycles. The largest absolute Gasteiger partial charge is 0.489 e. The molecule has 0 saturated carbocycles. The molecule has 2 aliphatic rings. The average Bonchev–Trinajstić information content (AvgIpc) is 3.19. The monoisotopic (exact) mass is 419 g/mol. The second-order valence-electron chi connectivity index (χ2n) is 8.76. The highest BCUT2D eigenvalue weighted by atomic mass is 19.1. The van der Waals surface area contributed by atoms with E-state index in [1.165, 1.54) is 6.07 Å². The lowest BCUT2D eigenvalue weighted by Gasteiger charge is -2.37. The highest BCUT2D eigenvalue weighted by Crippen LogP contribution is 2.45. The summed E-state index contributed by atoms with van der Waals surface area (Å²) < 4.78 is 21.2. The average molecular weight is 419 g/mol. The van der Waals surface area contributed by atoms with Crippen molar-refractivity contribution in [1.82, 2.24) is 20.2 Å². The summed E-state index contributed by atoms with van der Waals surface area (Å²) in [4.78, 5) is 13.1. The van der Waals surface area contributed by atoms with Crippen LogP contribution in [0.15, 0.2) is 59.8 Å². The van der Waals surface area contributed by atoms with Crippen LogP contribution in [0, 0.1) is 11.2 Å². The molecule has 31 heavy (non-hydrogen) atoms. The van der Waals surface area contributed by atoms with Crippen LogP contribution in [0.1, 0.15) is 43.9 Å². The lowest BCUT2D eigenvalue weighted by Crippen LogP contribution is -2.36. The van der Waals surface area contributed by atoms with E-state index < -0.39 is 6.04 Å². The molecule has 7 nitrogen and oxygen atoms in total. The van der Waals surface area contributed by atoms with Crippen molar-refractivity contribution < 1.29 is 13.9 Å². The maximum atomic E-state index is 13.8. The van der Waals surface area contributed by atoms with Crippen LogP contribution in [0.25, 0.3) is 0 Å². The minimum absolute atomic E-state index is 0.102. The van der Waals surface area contributed by atoms with Crippen molar-refractivity contribution in [3.8, 4) is 5.75 Å². The van der Waals surface area contributed by atoms with E-state index in [4.69, 9.17) is 4.74 Å². The van der Waals surface area contributed by atoms with E-state index >= 15 is 0 Å². The number of anilines is 1. The molecule has 0 bridgehead atoms. The van der Waals surface area contributed by atoms with Crippen LogP contribution in [0.4, 0.5) is 10.3 Å². The second-order valence-corrected chi connectivity index (χ2v) is 8.76. The number of tetrazole rings is 1. The normalized spacial score (nSPS) is 19.5. The Morgan fingerprint density at radius 2 is 1.94 bits per heavy atom. The van der Waals surface area contributed by atoms with Crippen LogP contribution in [-0.2, 0) is 11.4 Å². The SMILES string of the molecule is CC1(C)CC(=O)C2=C(C1)Nc1nnnn1C2c1ccc(OCc2ccccc2F)cc1. The van der Waals surface area contributed by atoms with Gasteiger partial charge in [0.25, 0.3) is 0 Å². The van der Waals surface area contributed by atoms with Gasteiger partial charge in [-0.2, -0.15) is 4.68 Å². The zero-order valence-corrected chi connectivity index (χ0v) is 17.3. The van der Waals surface area contributed by atoms with E-state index in [1.807, 2.05) is 24.3 Å². The van der Waals surface area contributed by atoms with Gasteiger partial charge in [0, 0.05) is 23.3 Å². The van der Waals surface area contributed by atoms with E-state index in [0.717, 1.165) is 17.7 Å². The lowest BCUT2D eigenvalue weighted by atomic mass is 9.73. The number of hydrogen-bond donors (Lipinski definition) is 1. The summed E-state index contributed by atoms with van der Waals surface area (Å²) >= 11 is 0. The zero-order valence-electron chi connectivity index (χ0n) is 17.3. The third-order valence-corrected chi connectivity index (χ3v) is 5.74. The van der Waals surface area contributed by atoms with Gasteiger partial charge in [0.15, 0.2) is 5.78 Å². The first-order valence-electron chi connectivity index (χ1n) is 10.2. The zero-order chi connectivity index (χ0) is 21.6. The Kier molecular flexibility index (Phi) is 4.57. The van der Waals surface area contributed by atoms with Crippen LogP contribution in [0.3, 0.4) is 0 Å². The number of ketones is 1. The predicted octanol–water partition coefficient (Wildman–Crippen LogP) is 4.05. The number of nitrogens with one attached hydrogen (secondary N) is 1. The van der Waals surface area contributed by atoms with E-state index in [2.05, 4.69) is 34.7 Å². The second kappa shape index (κ2) is 7.30. The molecule has 2 aromatic carbocycles. The summed E-state index contributed by atoms with van der Waals surface area (Å²) in [6.07, 6.45) is 1.23. The van der Waals surface area contributed by atoms with Gasteiger partial charge in [-0.05, 0) is 46.0 Å². The Balaban J connectivity index is 1.44. The van der Waals surface area contributed by atoms with Crippen LogP contribution in [0.2, 0.25) is 0 Å². The first-order valence-corrected chi connectivity index (χ1v) is 10.2. The van der Waals surface area contributed by atoms with Crippen molar-refractivity contribution in [2.24, 2.45) is 5.41 Å². The third kappa shape index (κ3) is 3.58. The molecule has 0 fully saturated rings. The van der Waals surface area contributed by atoms with Gasteiger partial charge >= 0.3 is 0 Å². The summed E-state index contributed by atoms with van der Waals surface area (Å²) in [5.41, 5.74) is 2.85. The van der Waals surface area contributed by atoms with Gasteiger partial charge < -0.3 is 10.1 Å². The summed E-state index contributed by atoms with van der Waals surface area (Å²) in [6, 6.07) is 13.6. The Morgan fingerprint density at radius 3 is 2.71 bits per heavy atom. The van der Waals surface area contributed by atoms with Gasteiger partial charge in [0.2, 0.25) is 5.95 Å². The topological polar surface area (TPSA) is 81.9 Å². The molecule has 1 aromatic heterocycles. The molecule has 1 unspecified atom stereocenters. The number of carbonyl (C=O) groups excluding carboxylic acids is 1. The standard InChI is InChI=1S/C23H22FN5O2/c1-23(2)11-18-20(19(30)12-23)21(29-22(25-18)26-27-28-29)14-7-9-16(10-8-14)31-13-15-5-3-4-6-17(15)24/h3-10,21H,11-13H2,1-2H3,(H,25,26,28). The van der Waals surface area contributed by atoms with Crippen molar-refractivity contribution in [2.75, 3.05) is 5.32 Å². The van der Waals surface area contributed by atoms with Gasteiger partial charge in [-0.1, -0.05) is 49.3 Å². The maximum absolute atomic E-state index is 13.8. The first kappa shape index (κ1) is 19.4. The Bertz CT molecular complexity index is 1180. The van der Waals surface area contributed by atoms with E-state index in [1.54, 1.807) is 22.9 Å². The first-order chi connectivity index (χ1) is 14.9. The van der Waals surface area contributed by atoms with Crippen molar-refractivity contribution in [1.29, 1.82) is 0 Å². The molecule has 1 atom stereocenters. The molecule has 1 N–H and O–H groups in total. The number of halogens is 1. The maximum Gasteiger partial charge on any atom is 0.248 e. The Morgan fingerprint density at radius 1 is 1.16 bits per heavy atom. The van der Waals surface area contributed by atoms with Crippen molar-refractivity contribution in [3.05, 3.63) is 76.7 Å². The highest BCUT2D eigenvalue weighted by molar-refractivity contribution is 6.00. The van der Waals surface area contributed by atoms with Crippen LogP contribution in [-0.4, -0.2) is 26.0 Å². The smallest absolute Gasteiger partial charge is 0.248 e. The molecule has 158 valence electrons. The van der Waals surface area contributed by atoms with Gasteiger partial charge in [0.1, 0.15) is 24.2 Å². The fourth-order valence-electron chi connectivity index (χ4n) is 4.30. The summed E-state index contributed by atoms with van der Waals surface area (Å²) in [5.74, 6) is 0.945. The van der Waals surface area contributed by atoms with Gasteiger partial charge in [-0.3, -0.25) is 4.79 Å². The Labute approximate surface area is 178 Å². The summed E-state index contributed by atoms with van der Waals surface area (Å²) in [6.45, 7) is 4.31. The minimum Gasteiger partial charge on any atom is -0.489 e. The molecule has 1 aliphatic heterocycles. The molecule has 0 saturated heterocycles. The van der Waals surface area contributed by atoms with Crippen molar-refractivity contribution in [2.45, 2.75) is 39.3 Å². The number of allylic oxidation sites excluding steroid dienone is 2. The number of rotatable bonds is 4. The molecule has 0 amide bonds. The fraction of sp³-hybridized carbons (Fsp3) is 0.304. The molecular weight excluding hydrogens is 397 g/mol. The molecule has 1 aliphatic carbocycles.